The van der Waals surface area contributed by atoms with Crippen molar-refractivity contribution in [3.8, 4) is 5.75 Å². The summed E-state index contributed by atoms with van der Waals surface area (Å²) in [7, 11) is 2.90. The normalized spacial score (nSPS) is 38.1. The van der Waals surface area contributed by atoms with Crippen molar-refractivity contribution in [1.29, 1.82) is 0 Å². The quantitative estimate of drug-likeness (QED) is 0.393. The van der Waals surface area contributed by atoms with E-state index < -0.39 is 76.4 Å². The van der Waals surface area contributed by atoms with E-state index in [1.165, 1.54) is 25.1 Å². The third-order valence-electron chi connectivity index (χ3n) is 7.69. The number of aryl methyl sites for hydroxylation is 1. The van der Waals surface area contributed by atoms with Gasteiger partial charge in [0.15, 0.2) is 34.7 Å². The molecule has 0 spiro atoms. The number of phenols is 1. The van der Waals surface area contributed by atoms with Gasteiger partial charge in [0, 0.05) is 5.92 Å². The van der Waals surface area contributed by atoms with Crippen molar-refractivity contribution in [2.75, 3.05) is 14.1 Å². The largest absolute Gasteiger partial charge is 0.507 e. The smallest absolute Gasteiger partial charge is 0.235 e. The third-order valence-corrected chi connectivity index (χ3v) is 7.69. The number of carbonyl (C=O) groups is 5. The van der Waals surface area contributed by atoms with Crippen LogP contribution in [-0.2, 0) is 19.2 Å². The maximum absolute atomic E-state index is 13.7. The van der Waals surface area contributed by atoms with Crippen LogP contribution in [0.1, 0.15) is 34.3 Å². The molecule has 33 heavy (non-hydrogen) atoms. The van der Waals surface area contributed by atoms with Gasteiger partial charge in [-0.25, -0.2) is 0 Å². The average Bonchev–Trinajstić information content (AvgIpc) is 2.72. The van der Waals surface area contributed by atoms with Gasteiger partial charge in [0.25, 0.3) is 0 Å². The van der Waals surface area contributed by atoms with Crippen LogP contribution in [0.25, 0.3) is 0 Å². The highest BCUT2D eigenvalue weighted by Gasteiger charge is 2.72. The van der Waals surface area contributed by atoms with Gasteiger partial charge in [0.05, 0.1) is 29.5 Å². The first-order valence-electron chi connectivity index (χ1n) is 10.6. The summed E-state index contributed by atoms with van der Waals surface area (Å²) in [4.78, 5) is 66.7. The number of nitrogens with two attached hydrogens (primary N) is 1. The molecule has 176 valence electrons. The molecule has 2 fully saturated rings. The number of primary amides is 1. The average molecular weight is 458 g/mol. The predicted octanol–water partition coefficient (Wildman–Crippen LogP) is -1.29. The number of nitrogens with zero attached hydrogens (tertiary/aromatic N) is 1. The number of rotatable bonds is 2. The first-order chi connectivity index (χ1) is 15.3. The highest BCUT2D eigenvalue weighted by atomic mass is 16.3. The zero-order valence-corrected chi connectivity index (χ0v) is 18.6. The number of Topliss-reactive ketones (excluding diaryl/α,β-unsaturated/α-hetero) is 4. The molecule has 0 saturated heterocycles. The number of hydrogen-bond acceptors (Lipinski definition) is 9. The summed E-state index contributed by atoms with van der Waals surface area (Å²) in [5.41, 5.74) is 3.32. The molecular formula is C23H26N2O8. The van der Waals surface area contributed by atoms with E-state index in [2.05, 4.69) is 0 Å². The Balaban J connectivity index is 1.98. The second-order valence-corrected chi connectivity index (χ2v) is 9.56. The van der Waals surface area contributed by atoms with Gasteiger partial charge < -0.3 is 21.1 Å². The van der Waals surface area contributed by atoms with Crippen LogP contribution in [0.3, 0.4) is 0 Å². The maximum atomic E-state index is 13.7. The molecule has 3 aliphatic carbocycles. The van der Waals surface area contributed by atoms with Crippen LogP contribution in [0.2, 0.25) is 0 Å². The molecule has 10 heteroatoms. The number of aliphatic hydroxyl groups excluding tert-OH is 1. The van der Waals surface area contributed by atoms with Gasteiger partial charge in [-0.15, -0.1) is 0 Å². The lowest BCUT2D eigenvalue weighted by atomic mass is 9.49. The van der Waals surface area contributed by atoms with Crippen molar-refractivity contribution >= 4 is 29.0 Å². The Morgan fingerprint density at radius 1 is 1.12 bits per heavy atom. The summed E-state index contributed by atoms with van der Waals surface area (Å²) >= 11 is 0. The molecule has 1 amide bonds. The Labute approximate surface area is 189 Å². The van der Waals surface area contributed by atoms with Crippen LogP contribution in [0.15, 0.2) is 12.1 Å². The summed E-state index contributed by atoms with van der Waals surface area (Å²) in [6.45, 7) is 3.41. The van der Waals surface area contributed by atoms with Crippen molar-refractivity contribution in [2.24, 2.45) is 29.4 Å². The summed E-state index contributed by atoms with van der Waals surface area (Å²) in [5.74, 6) is -13.1. The summed E-state index contributed by atoms with van der Waals surface area (Å²) < 4.78 is 0. The minimum absolute atomic E-state index is 0.0960. The van der Waals surface area contributed by atoms with Crippen molar-refractivity contribution in [3.63, 3.8) is 0 Å². The Morgan fingerprint density at radius 3 is 2.27 bits per heavy atom. The fraction of sp³-hybridized carbons (Fsp3) is 0.522. The van der Waals surface area contributed by atoms with Crippen LogP contribution < -0.4 is 5.73 Å². The first kappa shape index (κ1) is 23.2. The summed E-state index contributed by atoms with van der Waals surface area (Å²) in [6.07, 6.45) is -1.62. The van der Waals surface area contributed by atoms with Gasteiger partial charge in [0.1, 0.15) is 5.75 Å². The number of aliphatic hydroxyl groups is 2. The molecule has 0 radical (unpaired) electrons. The van der Waals surface area contributed by atoms with Crippen molar-refractivity contribution in [1.82, 2.24) is 4.90 Å². The van der Waals surface area contributed by atoms with Crippen LogP contribution >= 0.6 is 0 Å². The fourth-order valence-electron chi connectivity index (χ4n) is 6.29. The number of likely N-dealkylation sites (N-methyl/N-ethyl adjacent to an activating group) is 1. The number of hydrogen-bond donors (Lipinski definition) is 4. The Hall–Kier alpha value is -2.95. The molecule has 1 aromatic carbocycles. The second-order valence-electron chi connectivity index (χ2n) is 9.56. The van der Waals surface area contributed by atoms with Gasteiger partial charge in [-0.1, -0.05) is 13.0 Å². The van der Waals surface area contributed by atoms with E-state index in [-0.39, 0.29) is 11.3 Å². The van der Waals surface area contributed by atoms with Crippen LogP contribution in [-0.4, -0.2) is 81.1 Å². The van der Waals surface area contributed by atoms with E-state index in [1.807, 2.05) is 0 Å². The van der Waals surface area contributed by atoms with E-state index >= 15 is 0 Å². The lowest BCUT2D eigenvalue weighted by Crippen LogP contribution is -2.77. The topological polar surface area (TPSA) is 175 Å². The Morgan fingerprint density at radius 2 is 1.73 bits per heavy atom. The van der Waals surface area contributed by atoms with Gasteiger partial charge in [-0.2, -0.15) is 0 Å². The molecule has 3 aliphatic rings. The molecule has 10 nitrogen and oxygen atoms in total. The maximum Gasteiger partial charge on any atom is 0.235 e. The fourth-order valence-corrected chi connectivity index (χ4v) is 6.29. The first-order valence-corrected chi connectivity index (χ1v) is 10.6. The van der Waals surface area contributed by atoms with Crippen LogP contribution in [0, 0.1) is 30.6 Å². The summed E-state index contributed by atoms with van der Waals surface area (Å²) in [6, 6.07) is 1.55. The lowest BCUT2D eigenvalue weighted by molar-refractivity contribution is -0.196. The van der Waals surface area contributed by atoms with E-state index in [0.29, 0.717) is 11.1 Å². The number of aromatic hydroxyl groups is 1. The molecule has 0 aromatic heterocycles. The predicted molar refractivity (Wildman–Crippen MR) is 112 cm³/mol. The molecular weight excluding hydrogens is 432 g/mol. The molecule has 0 heterocycles. The van der Waals surface area contributed by atoms with Crippen molar-refractivity contribution in [3.05, 3.63) is 28.8 Å². The number of ketones is 4. The molecule has 5 N–H and O–H groups in total. The van der Waals surface area contributed by atoms with Gasteiger partial charge in [-0.3, -0.25) is 28.9 Å². The highest BCUT2D eigenvalue weighted by Crippen LogP contribution is 2.54. The van der Waals surface area contributed by atoms with E-state index in [0.717, 1.165) is 0 Å². The number of fused-ring (bicyclic) bond motifs is 3. The van der Waals surface area contributed by atoms with Crippen LogP contribution in [0.4, 0.5) is 0 Å². The highest BCUT2D eigenvalue weighted by molar-refractivity contribution is 6.32. The van der Waals surface area contributed by atoms with E-state index in [9.17, 15) is 39.3 Å². The number of phenolic OH excluding ortho intramolecular Hbond substituents is 1. The monoisotopic (exact) mass is 458 g/mol. The van der Waals surface area contributed by atoms with Gasteiger partial charge >= 0.3 is 0 Å². The minimum Gasteiger partial charge on any atom is -0.507 e. The molecule has 4 rings (SSSR count). The standard InChI is InChI=1S/C23H26N2O8/c1-7-5-6-9(26)12-10(7)8(2)11-13(17(12)27)20(30)23(33)15(18(11)28)16(25(3)4)19(29)14(21(23)31)22(24)32/h5-6,8,11,13-16,18,26,28,33H,1-4H3,(H2,24,32)/t8-,11+,13?,14?,15+,16-,18-,23-/m0/s1. The van der Waals surface area contributed by atoms with Crippen LogP contribution in [0.5, 0.6) is 5.75 Å². The minimum atomic E-state index is -2.98. The number of amides is 1. The number of carbonyl (C=O) groups excluding carboxylic acids is 5. The summed E-state index contributed by atoms with van der Waals surface area (Å²) in [5, 5.41) is 33.4. The molecule has 2 saturated carbocycles. The van der Waals surface area contributed by atoms with Gasteiger partial charge in [0.2, 0.25) is 5.91 Å². The SMILES string of the molecule is Cc1ccc(O)c2c1[C@H](C)[C@@H]1C(C2=O)C(=O)[C@]2(O)C(=O)C(C(N)=O)C(=O)[C@@H](N(C)C)[C@@H]2[C@H]1O. The zero-order valence-electron chi connectivity index (χ0n) is 18.6. The molecule has 0 bridgehead atoms. The zero-order chi connectivity index (χ0) is 24.7. The van der Waals surface area contributed by atoms with Crippen molar-refractivity contribution < 1.29 is 39.3 Å². The van der Waals surface area contributed by atoms with E-state index in [4.69, 9.17) is 5.73 Å². The lowest BCUT2D eigenvalue weighted by Gasteiger charge is -2.56. The number of benzene rings is 1. The molecule has 1 aromatic rings. The Bertz CT molecular complexity index is 1130. The van der Waals surface area contributed by atoms with Crippen molar-refractivity contribution in [2.45, 2.75) is 37.5 Å². The molecule has 8 atom stereocenters. The van der Waals surface area contributed by atoms with Gasteiger partial charge in [-0.05, 0) is 44.1 Å². The Kier molecular flexibility index (Phi) is 5.12. The molecule has 0 aliphatic heterocycles. The third kappa shape index (κ3) is 2.74. The van der Waals surface area contributed by atoms with E-state index in [1.54, 1.807) is 19.9 Å². The molecule has 2 unspecified atom stereocenters. The second kappa shape index (κ2) is 7.28.